The first-order chi connectivity index (χ1) is 2.89. The van der Waals surface area contributed by atoms with Crippen molar-refractivity contribution >= 4 is 16.2 Å². The molecule has 1 aliphatic heterocycles. The van der Waals surface area contributed by atoms with Crippen LogP contribution < -0.4 is 0 Å². The molecular formula is C3H4N2S. The van der Waals surface area contributed by atoms with Crippen LogP contribution in [0.4, 0.5) is 0 Å². The minimum atomic E-state index is -0.395. The number of aliphatic imine (C=N–C) groups is 1. The van der Waals surface area contributed by atoms with E-state index in [0.29, 0.717) is 0 Å². The van der Waals surface area contributed by atoms with Crippen LogP contribution in [0, 0.1) is 4.78 Å². The molecule has 1 N–H and O–H groups in total. The van der Waals surface area contributed by atoms with E-state index in [1.54, 1.807) is 17.2 Å². The molecule has 2 nitrogen and oxygen atoms in total. The fourth-order valence-electron chi connectivity index (χ4n) is 0.237. The second-order valence-corrected chi connectivity index (χ2v) is 2.14. The van der Waals surface area contributed by atoms with Crippen LogP contribution in [-0.4, -0.2) is 5.55 Å². The van der Waals surface area contributed by atoms with Gasteiger partial charge in [-0.1, -0.05) is 0 Å². The number of hydrogen-bond acceptors (Lipinski definition) is 2. The third-order valence-corrected chi connectivity index (χ3v) is 1.23. The molecule has 0 bridgehead atoms. The molecule has 0 saturated carbocycles. The molecule has 32 valence electrons. The van der Waals surface area contributed by atoms with Crippen molar-refractivity contribution in [3.05, 3.63) is 11.6 Å². The summed E-state index contributed by atoms with van der Waals surface area (Å²) in [5.74, 6) is 0. The molecular weight excluding hydrogens is 96.1 g/mol. The van der Waals surface area contributed by atoms with Gasteiger partial charge in [0.15, 0.2) is 0 Å². The number of hydrogen-bond donors (Lipinski definition) is 1. The maximum absolute atomic E-state index is 6.92. The second kappa shape index (κ2) is 1.34. The van der Waals surface area contributed by atoms with E-state index >= 15 is 0 Å². The van der Waals surface area contributed by atoms with Gasteiger partial charge >= 0.3 is 0 Å². The molecule has 3 heteroatoms. The fourth-order valence-corrected chi connectivity index (χ4v) is 0.710. The summed E-state index contributed by atoms with van der Waals surface area (Å²) in [6, 6.07) is 0. The lowest BCUT2D eigenvalue weighted by molar-refractivity contribution is 1.65. The largest absolute Gasteiger partial charge is 0.270 e. The van der Waals surface area contributed by atoms with Crippen molar-refractivity contribution < 1.29 is 0 Å². The lowest BCUT2D eigenvalue weighted by Crippen LogP contribution is -1.69. The highest BCUT2D eigenvalue weighted by Crippen LogP contribution is 1.89. The van der Waals surface area contributed by atoms with Crippen molar-refractivity contribution in [1.29, 1.82) is 4.78 Å². The highest BCUT2D eigenvalue weighted by atomic mass is 32.2. The molecule has 6 heavy (non-hydrogen) atoms. The zero-order chi connectivity index (χ0) is 4.41. The first-order valence-corrected chi connectivity index (χ1v) is 2.88. The van der Waals surface area contributed by atoms with E-state index in [1.807, 2.05) is 0 Å². The maximum Gasteiger partial charge on any atom is 0.0744 e. The van der Waals surface area contributed by atoms with Crippen molar-refractivity contribution in [1.82, 2.24) is 0 Å². The van der Waals surface area contributed by atoms with E-state index in [-0.39, 0.29) is 0 Å². The van der Waals surface area contributed by atoms with Crippen LogP contribution in [0.1, 0.15) is 0 Å². The van der Waals surface area contributed by atoms with Gasteiger partial charge < -0.3 is 0 Å². The summed E-state index contributed by atoms with van der Waals surface area (Å²) in [5, 5.41) is 1.75. The van der Waals surface area contributed by atoms with Gasteiger partial charge in [-0.3, -0.25) is 9.77 Å². The van der Waals surface area contributed by atoms with Crippen LogP contribution >= 0.6 is 0 Å². The molecule has 0 radical (unpaired) electrons. The van der Waals surface area contributed by atoms with Crippen LogP contribution in [0.5, 0.6) is 0 Å². The van der Waals surface area contributed by atoms with Gasteiger partial charge in [0, 0.05) is 11.6 Å². The van der Waals surface area contributed by atoms with E-state index in [9.17, 15) is 0 Å². The Kier molecular flexibility index (Phi) is 0.837. The molecule has 0 aliphatic carbocycles. The zero-order valence-corrected chi connectivity index (χ0v) is 3.90. The summed E-state index contributed by atoms with van der Waals surface area (Å²) in [6.45, 7) is 0. The van der Waals surface area contributed by atoms with Gasteiger partial charge in [0.25, 0.3) is 0 Å². The minimum absolute atomic E-state index is 0.395. The van der Waals surface area contributed by atoms with Crippen LogP contribution in [0.2, 0.25) is 0 Å². The Balaban J connectivity index is 2.86. The second-order valence-electron chi connectivity index (χ2n) is 0.911. The quantitative estimate of drug-likeness (QED) is 0.469. The molecule has 1 heterocycles. The van der Waals surface area contributed by atoms with Crippen LogP contribution in [-0.2, 0) is 10.7 Å². The summed E-state index contributed by atoms with van der Waals surface area (Å²) in [4.78, 5) is 3.68. The number of nitrogens with one attached hydrogen (secondary N) is 1. The lowest BCUT2D eigenvalue weighted by atomic mass is 11.1. The molecule has 0 aromatic carbocycles. The van der Waals surface area contributed by atoms with Crippen LogP contribution in [0.3, 0.4) is 0 Å². The molecule has 1 aliphatic rings. The Morgan fingerprint density at radius 2 is 2.50 bits per heavy atom. The normalized spacial score (nSPS) is 29.0. The van der Waals surface area contributed by atoms with Crippen molar-refractivity contribution in [2.75, 3.05) is 0 Å². The molecule has 0 amide bonds. The Morgan fingerprint density at radius 3 is 2.67 bits per heavy atom. The number of nitrogens with zero attached hydrogens (tertiary/aromatic N) is 1. The summed E-state index contributed by atoms with van der Waals surface area (Å²) in [5.41, 5.74) is 1.61. The highest BCUT2D eigenvalue weighted by molar-refractivity contribution is 8.02. The van der Waals surface area contributed by atoms with Gasteiger partial charge in [0.2, 0.25) is 0 Å². The van der Waals surface area contributed by atoms with Gasteiger partial charge in [-0.05, 0) is 10.7 Å². The summed E-state index contributed by atoms with van der Waals surface area (Å²) in [6.07, 6.45) is 1.65. The Bertz CT molecular complexity index is 111. The maximum atomic E-state index is 6.92. The lowest BCUT2D eigenvalue weighted by Gasteiger charge is -1.69. The predicted molar refractivity (Wildman–Crippen MR) is 27.7 cm³/mol. The Labute approximate surface area is 38.5 Å². The molecule has 1 atom stereocenters. The standard InChI is InChI=1S/C3H4N2S/c4-6-2-1-5-3-6/h1-4H. The van der Waals surface area contributed by atoms with Crippen molar-refractivity contribution in [2.24, 2.45) is 4.99 Å². The topological polar surface area (TPSA) is 36.2 Å². The molecule has 1 rings (SSSR count). The summed E-state index contributed by atoms with van der Waals surface area (Å²) in [7, 11) is -0.395. The van der Waals surface area contributed by atoms with E-state index in [4.69, 9.17) is 4.78 Å². The van der Waals surface area contributed by atoms with E-state index in [0.717, 1.165) is 0 Å². The SMILES string of the molecule is N=S1C=CN=C1. The zero-order valence-electron chi connectivity index (χ0n) is 3.09. The fraction of sp³-hybridized carbons (Fsp3) is 0. The van der Waals surface area contributed by atoms with Crippen molar-refractivity contribution in [3.63, 3.8) is 0 Å². The van der Waals surface area contributed by atoms with E-state index in [1.165, 1.54) is 0 Å². The molecule has 0 spiro atoms. The predicted octanol–water partition coefficient (Wildman–Crippen LogP) is 0.880. The Morgan fingerprint density at radius 1 is 1.67 bits per heavy atom. The molecule has 0 saturated heterocycles. The number of rotatable bonds is 0. The third-order valence-electron chi connectivity index (χ3n) is 0.468. The van der Waals surface area contributed by atoms with E-state index < -0.39 is 10.7 Å². The average Bonchev–Trinajstić information content (AvgIpc) is 1.86. The van der Waals surface area contributed by atoms with Crippen LogP contribution in [0.25, 0.3) is 0 Å². The first kappa shape index (κ1) is 3.74. The molecule has 0 fully saturated rings. The van der Waals surface area contributed by atoms with Crippen molar-refractivity contribution in [3.8, 4) is 0 Å². The monoisotopic (exact) mass is 100 g/mol. The smallest absolute Gasteiger partial charge is 0.0744 e. The van der Waals surface area contributed by atoms with Crippen molar-refractivity contribution in [2.45, 2.75) is 0 Å². The van der Waals surface area contributed by atoms with Crippen LogP contribution in [0.15, 0.2) is 16.6 Å². The minimum Gasteiger partial charge on any atom is -0.270 e. The first-order valence-electron chi connectivity index (χ1n) is 1.53. The van der Waals surface area contributed by atoms with Gasteiger partial charge in [-0.15, -0.1) is 0 Å². The van der Waals surface area contributed by atoms with Gasteiger partial charge in [0.05, 0.1) is 5.55 Å². The van der Waals surface area contributed by atoms with Gasteiger partial charge in [-0.2, -0.15) is 0 Å². The molecule has 0 aromatic heterocycles. The average molecular weight is 100 g/mol. The molecule has 1 unspecified atom stereocenters. The molecule has 0 aromatic rings. The summed E-state index contributed by atoms with van der Waals surface area (Å²) < 4.78 is 6.92. The summed E-state index contributed by atoms with van der Waals surface area (Å²) >= 11 is 0. The third kappa shape index (κ3) is 0.542. The van der Waals surface area contributed by atoms with Gasteiger partial charge in [-0.25, -0.2) is 0 Å². The van der Waals surface area contributed by atoms with E-state index in [2.05, 4.69) is 4.99 Å². The highest BCUT2D eigenvalue weighted by Gasteiger charge is 1.82. The Hall–Kier alpha value is -0.440. The van der Waals surface area contributed by atoms with Gasteiger partial charge in [0.1, 0.15) is 0 Å².